The summed E-state index contributed by atoms with van der Waals surface area (Å²) >= 11 is 0. The lowest BCUT2D eigenvalue weighted by molar-refractivity contribution is -0.141. The van der Waals surface area contributed by atoms with Crippen molar-refractivity contribution in [2.75, 3.05) is 19.6 Å². The van der Waals surface area contributed by atoms with Gasteiger partial charge in [-0.3, -0.25) is 52.7 Å². The SMILES string of the molecule is NCCCCC(NC(=O)C(CCC(=O)O)NC(=O)C(CCC(=O)O)NC(=O)C(CCC(=O)O)NC(=O)CCCCCNC(=O)C1CCC(CNC(=O)CCC(NC(=O)NC(CCC(=O)O)C(=O)O)C(=O)O)CC1)C(N)=O. The zero-order chi connectivity index (χ0) is 57.3. The van der Waals surface area contributed by atoms with Gasteiger partial charge in [-0.05, 0) is 102 Å². The van der Waals surface area contributed by atoms with Crippen LogP contribution in [-0.4, -0.2) is 170 Å². The third-order valence-corrected chi connectivity index (χ3v) is 12.2. The third-order valence-electron chi connectivity index (χ3n) is 12.2. The Bertz CT molecular complexity index is 2030. The molecule has 0 aromatic carbocycles. The number of carbonyl (C=O) groups excluding carboxylic acids is 8. The van der Waals surface area contributed by atoms with E-state index < -0.39 is 165 Å². The molecule has 1 aliphatic carbocycles. The molecule has 0 aromatic rings. The molecule has 18 N–H and O–H groups in total. The average Bonchev–Trinajstić information content (AvgIpc) is 3.34. The predicted molar refractivity (Wildman–Crippen MR) is 261 cm³/mol. The van der Waals surface area contributed by atoms with Crippen molar-refractivity contribution < 1.29 is 97.8 Å². The number of hydrogen-bond donors (Lipinski definition) is 16. The van der Waals surface area contributed by atoms with Crippen molar-refractivity contribution >= 4 is 83.2 Å². The van der Waals surface area contributed by atoms with Gasteiger partial charge < -0.3 is 84.6 Å². The second-order valence-corrected chi connectivity index (χ2v) is 18.3. The molecule has 30 heteroatoms. The van der Waals surface area contributed by atoms with E-state index in [-0.39, 0.29) is 69.5 Å². The largest absolute Gasteiger partial charge is 0.481 e. The molecule has 1 fully saturated rings. The Morgan fingerprint density at radius 3 is 1.29 bits per heavy atom. The van der Waals surface area contributed by atoms with E-state index in [1.54, 1.807) is 0 Å². The molecular weight excluding hydrogens is 1010 g/mol. The summed E-state index contributed by atoms with van der Waals surface area (Å²) in [5, 5.41) is 74.4. The molecule has 0 spiro atoms. The first-order valence-corrected chi connectivity index (χ1v) is 25.0. The van der Waals surface area contributed by atoms with Gasteiger partial charge >= 0.3 is 41.8 Å². The van der Waals surface area contributed by atoms with E-state index in [9.17, 15) is 92.7 Å². The summed E-state index contributed by atoms with van der Waals surface area (Å²) in [5.74, 6) is -14.0. The summed E-state index contributed by atoms with van der Waals surface area (Å²) in [6.07, 6.45) is -0.726. The number of carboxylic acids is 6. The first-order valence-electron chi connectivity index (χ1n) is 25.0. The highest BCUT2D eigenvalue weighted by Crippen LogP contribution is 2.28. The minimum Gasteiger partial charge on any atom is -0.481 e. The molecule has 30 nitrogen and oxygen atoms in total. The van der Waals surface area contributed by atoms with Crippen LogP contribution in [0, 0.1) is 11.8 Å². The number of amides is 9. The smallest absolute Gasteiger partial charge is 0.326 e. The summed E-state index contributed by atoms with van der Waals surface area (Å²) in [6.45, 7) is 0.819. The molecule has 6 atom stereocenters. The van der Waals surface area contributed by atoms with Gasteiger partial charge in [0.25, 0.3) is 0 Å². The average molecular weight is 1090 g/mol. The lowest BCUT2D eigenvalue weighted by atomic mass is 9.81. The molecule has 428 valence electrons. The lowest BCUT2D eigenvalue weighted by Gasteiger charge is -2.28. The van der Waals surface area contributed by atoms with Crippen LogP contribution in [0.15, 0.2) is 0 Å². The Morgan fingerprint density at radius 2 is 0.855 bits per heavy atom. The number of nitrogens with two attached hydrogens (primary N) is 2. The maximum atomic E-state index is 13.5. The molecule has 1 saturated carbocycles. The highest BCUT2D eigenvalue weighted by atomic mass is 16.4. The van der Waals surface area contributed by atoms with Crippen LogP contribution in [0.1, 0.15) is 135 Å². The number of nitrogens with one attached hydrogen (secondary N) is 8. The van der Waals surface area contributed by atoms with Gasteiger partial charge in [0.15, 0.2) is 0 Å². The van der Waals surface area contributed by atoms with Gasteiger partial charge in [-0.25, -0.2) is 14.4 Å². The molecular formula is C46H74N10O20. The Balaban J connectivity index is 2.68. The van der Waals surface area contributed by atoms with Crippen LogP contribution in [0.3, 0.4) is 0 Å². The molecule has 6 unspecified atom stereocenters. The van der Waals surface area contributed by atoms with Crippen LogP contribution in [0.5, 0.6) is 0 Å². The fourth-order valence-corrected chi connectivity index (χ4v) is 7.81. The normalized spacial score (nSPS) is 16.3. The topological polar surface area (TPSA) is 509 Å². The van der Waals surface area contributed by atoms with E-state index in [0.717, 1.165) is 0 Å². The minimum absolute atomic E-state index is 0.0289. The van der Waals surface area contributed by atoms with Crippen LogP contribution < -0.4 is 54.0 Å². The van der Waals surface area contributed by atoms with Crippen LogP contribution >= 0.6 is 0 Å². The van der Waals surface area contributed by atoms with Crippen LogP contribution in [0.2, 0.25) is 0 Å². The Kier molecular flexibility index (Phi) is 31.7. The van der Waals surface area contributed by atoms with Gasteiger partial charge in [0.1, 0.15) is 36.3 Å². The number of hydrogen-bond acceptors (Lipinski definition) is 15. The first kappa shape index (κ1) is 66.4. The van der Waals surface area contributed by atoms with Gasteiger partial charge in [0, 0.05) is 57.5 Å². The van der Waals surface area contributed by atoms with Gasteiger partial charge in [-0.2, -0.15) is 0 Å². The summed E-state index contributed by atoms with van der Waals surface area (Å²) in [7, 11) is 0. The van der Waals surface area contributed by atoms with Crippen molar-refractivity contribution in [2.45, 2.75) is 171 Å². The molecule has 0 bridgehead atoms. The third kappa shape index (κ3) is 29.3. The van der Waals surface area contributed by atoms with E-state index in [2.05, 4.69) is 37.2 Å². The van der Waals surface area contributed by atoms with Crippen molar-refractivity contribution in [3.63, 3.8) is 0 Å². The number of unbranched alkanes of at least 4 members (excludes halogenated alkanes) is 3. The van der Waals surface area contributed by atoms with Gasteiger partial charge in [0.05, 0.1) is 0 Å². The maximum Gasteiger partial charge on any atom is 0.326 e. The van der Waals surface area contributed by atoms with Gasteiger partial charge in [-0.15, -0.1) is 0 Å². The summed E-state index contributed by atoms with van der Waals surface area (Å²) in [4.78, 5) is 171. The standard InChI is InChI=1S/C46H74N10O20/c47-22-4-3-6-27(39(48)67)52-42(70)29(14-19-36(61)62)54-43(71)30(15-20-37(63)64)53-41(69)28(13-18-35(59)60)51-34(58)7-2-1-5-23-49-40(68)26-10-8-25(9-11-26)24-50-33(57)17-12-31(44(72)73)55-46(76)56-32(45(74)75)16-21-38(65)66/h25-32H,1-24,47H2,(H2,48,67)(H,49,68)(H,50,57)(H,51,58)(H,52,70)(H,53,69)(H,54,71)(H,59,60)(H,61,62)(H,63,64)(H,65,66)(H,72,73)(H,74,75)(H2,55,56,76). The number of primary amides is 1. The quantitative estimate of drug-likeness (QED) is 0.0284. The second kappa shape index (κ2) is 36.3. The predicted octanol–water partition coefficient (Wildman–Crippen LogP) is -2.42. The minimum atomic E-state index is -1.68. The zero-order valence-corrected chi connectivity index (χ0v) is 42.1. The van der Waals surface area contributed by atoms with Crippen molar-refractivity contribution in [2.24, 2.45) is 23.3 Å². The first-order chi connectivity index (χ1) is 35.8. The fraction of sp³-hybridized carbons (Fsp3) is 0.696. The molecule has 0 aliphatic heterocycles. The Labute approximate surface area is 436 Å². The molecule has 0 aromatic heterocycles. The summed E-state index contributed by atoms with van der Waals surface area (Å²) in [5.41, 5.74) is 10.9. The lowest BCUT2D eigenvalue weighted by Crippen LogP contribution is -2.58. The molecule has 0 radical (unpaired) electrons. The monoisotopic (exact) mass is 1090 g/mol. The van der Waals surface area contributed by atoms with Gasteiger partial charge in [-0.1, -0.05) is 6.42 Å². The number of urea groups is 1. The highest BCUT2D eigenvalue weighted by molar-refractivity contribution is 5.96. The molecule has 0 heterocycles. The second-order valence-electron chi connectivity index (χ2n) is 18.3. The molecule has 76 heavy (non-hydrogen) atoms. The Morgan fingerprint density at radius 1 is 0.421 bits per heavy atom. The number of carboxylic acid groups (broad SMARTS) is 6. The van der Waals surface area contributed by atoms with E-state index in [4.69, 9.17) is 16.6 Å². The van der Waals surface area contributed by atoms with Crippen molar-refractivity contribution in [3.05, 3.63) is 0 Å². The highest BCUT2D eigenvalue weighted by Gasteiger charge is 2.33. The molecule has 0 saturated heterocycles. The zero-order valence-electron chi connectivity index (χ0n) is 42.1. The summed E-state index contributed by atoms with van der Waals surface area (Å²) in [6, 6.07) is -10.3. The van der Waals surface area contributed by atoms with Gasteiger partial charge in [0.2, 0.25) is 41.4 Å². The number of aliphatic carboxylic acids is 6. The fourth-order valence-electron chi connectivity index (χ4n) is 7.81. The van der Waals surface area contributed by atoms with E-state index >= 15 is 0 Å². The van der Waals surface area contributed by atoms with Crippen molar-refractivity contribution in [1.82, 2.24) is 42.5 Å². The summed E-state index contributed by atoms with van der Waals surface area (Å²) < 4.78 is 0. The van der Waals surface area contributed by atoms with E-state index in [0.29, 0.717) is 51.4 Å². The molecule has 1 aliphatic rings. The van der Waals surface area contributed by atoms with Crippen LogP contribution in [-0.2, 0) is 62.3 Å². The van der Waals surface area contributed by atoms with Crippen molar-refractivity contribution in [3.8, 4) is 0 Å². The molecule has 9 amide bonds. The number of carbonyl (C=O) groups is 14. The maximum absolute atomic E-state index is 13.5. The van der Waals surface area contributed by atoms with Crippen LogP contribution in [0.4, 0.5) is 4.79 Å². The van der Waals surface area contributed by atoms with E-state index in [1.807, 2.05) is 5.32 Å². The van der Waals surface area contributed by atoms with Crippen molar-refractivity contribution in [1.29, 1.82) is 0 Å². The molecule has 1 rings (SSSR count). The van der Waals surface area contributed by atoms with Crippen LogP contribution in [0.25, 0.3) is 0 Å². The Hall–Kier alpha value is -7.66. The number of rotatable bonds is 40. The van der Waals surface area contributed by atoms with E-state index in [1.165, 1.54) is 0 Å².